The van der Waals surface area contributed by atoms with E-state index in [1.807, 2.05) is 30.3 Å². The van der Waals surface area contributed by atoms with Crippen LogP contribution in [0.3, 0.4) is 0 Å². The number of benzene rings is 1. The highest BCUT2D eigenvalue weighted by Gasteiger charge is 2.25. The van der Waals surface area contributed by atoms with Gasteiger partial charge in [0.1, 0.15) is 5.92 Å². The minimum absolute atomic E-state index is 0.175. The predicted molar refractivity (Wildman–Crippen MR) is 61.3 cm³/mol. The zero-order valence-corrected chi connectivity index (χ0v) is 8.67. The van der Waals surface area contributed by atoms with Crippen LogP contribution in [0.4, 0.5) is 0 Å². The predicted octanol–water partition coefficient (Wildman–Crippen LogP) is 1.58. The molecule has 1 amide bonds. The molecule has 3 nitrogen and oxygen atoms in total. The number of amides is 1. The zero-order valence-electron chi connectivity index (χ0n) is 8.67. The van der Waals surface area contributed by atoms with E-state index < -0.39 is 5.92 Å². The molecule has 0 radical (unpaired) electrons. The number of rotatable bonds is 2. The second-order valence-corrected chi connectivity index (χ2v) is 3.62. The van der Waals surface area contributed by atoms with Gasteiger partial charge in [0.15, 0.2) is 5.78 Å². The topological polar surface area (TPSA) is 46.5 Å². The average molecular weight is 213 g/mol. The number of carbonyl (C=O) groups excluding carboxylic acids is 2. The molecule has 0 aromatic heterocycles. The molecule has 0 aliphatic carbocycles. The van der Waals surface area contributed by atoms with Crippen molar-refractivity contribution in [2.45, 2.75) is 6.42 Å². The van der Waals surface area contributed by atoms with Crippen LogP contribution in [0.5, 0.6) is 0 Å². The summed E-state index contributed by atoms with van der Waals surface area (Å²) in [6.07, 6.45) is 4.69. The summed E-state index contributed by atoms with van der Waals surface area (Å²) in [5.74, 6) is -1.21. The molecule has 1 aliphatic rings. The van der Waals surface area contributed by atoms with Crippen LogP contribution in [0.25, 0.3) is 0 Å². The molecule has 0 saturated heterocycles. The lowest BCUT2D eigenvalue weighted by Crippen LogP contribution is -2.22. The molecule has 0 spiro atoms. The summed E-state index contributed by atoms with van der Waals surface area (Å²) in [6, 6.07) is 9.48. The molecule has 1 heterocycles. The lowest BCUT2D eigenvalue weighted by Gasteiger charge is -2.08. The Balaban J connectivity index is 2.20. The highest BCUT2D eigenvalue weighted by molar-refractivity contribution is 6.12. The van der Waals surface area contributed by atoms with Gasteiger partial charge in [-0.25, -0.2) is 4.99 Å². The summed E-state index contributed by atoms with van der Waals surface area (Å²) in [5, 5.41) is 0. The number of hydrogen-bond donors (Lipinski definition) is 0. The van der Waals surface area contributed by atoms with E-state index in [4.69, 9.17) is 0 Å². The zero-order chi connectivity index (χ0) is 11.4. The average Bonchev–Trinajstić information content (AvgIpc) is 2.46. The second-order valence-electron chi connectivity index (χ2n) is 3.62. The van der Waals surface area contributed by atoms with Gasteiger partial charge in [0.05, 0.1) is 0 Å². The molecule has 1 atom stereocenters. The van der Waals surface area contributed by atoms with E-state index in [0.29, 0.717) is 6.42 Å². The van der Waals surface area contributed by atoms with Crippen LogP contribution in [-0.4, -0.2) is 17.9 Å². The van der Waals surface area contributed by atoms with E-state index in [2.05, 4.69) is 4.99 Å². The van der Waals surface area contributed by atoms with Crippen LogP contribution in [-0.2, 0) is 16.0 Å². The maximum atomic E-state index is 11.6. The van der Waals surface area contributed by atoms with Crippen LogP contribution >= 0.6 is 0 Å². The van der Waals surface area contributed by atoms with Crippen LogP contribution < -0.4 is 0 Å². The van der Waals surface area contributed by atoms with Gasteiger partial charge >= 0.3 is 0 Å². The summed E-state index contributed by atoms with van der Waals surface area (Å²) in [6.45, 7) is 0. The molecular weight excluding hydrogens is 202 g/mol. The van der Waals surface area contributed by atoms with Crippen molar-refractivity contribution < 1.29 is 9.59 Å². The fraction of sp³-hybridized carbons (Fsp3) is 0.154. The van der Waals surface area contributed by atoms with E-state index in [1.165, 1.54) is 18.4 Å². The first-order chi connectivity index (χ1) is 7.77. The van der Waals surface area contributed by atoms with Gasteiger partial charge < -0.3 is 0 Å². The number of allylic oxidation sites excluding steroid dienone is 2. The van der Waals surface area contributed by atoms with Crippen LogP contribution in [0.2, 0.25) is 0 Å². The summed E-state index contributed by atoms with van der Waals surface area (Å²) < 4.78 is 0. The normalized spacial score (nSPS) is 19.9. The summed E-state index contributed by atoms with van der Waals surface area (Å²) in [5.41, 5.74) is 0.972. The van der Waals surface area contributed by atoms with E-state index in [1.54, 1.807) is 0 Å². The largest absolute Gasteiger partial charge is 0.294 e. The molecule has 0 fully saturated rings. The minimum atomic E-state index is -0.669. The van der Waals surface area contributed by atoms with Crippen molar-refractivity contribution in [2.24, 2.45) is 10.9 Å². The van der Waals surface area contributed by atoms with Gasteiger partial charge in [0.2, 0.25) is 0 Å². The fourth-order valence-electron chi connectivity index (χ4n) is 1.62. The molecule has 1 aliphatic heterocycles. The van der Waals surface area contributed by atoms with Crippen molar-refractivity contribution in [1.82, 2.24) is 0 Å². The van der Waals surface area contributed by atoms with E-state index in [0.717, 1.165) is 5.56 Å². The van der Waals surface area contributed by atoms with Gasteiger partial charge in [-0.05, 0) is 24.1 Å². The molecule has 0 bridgehead atoms. The van der Waals surface area contributed by atoms with E-state index in [-0.39, 0.29) is 11.7 Å². The highest BCUT2D eigenvalue weighted by Crippen LogP contribution is 2.13. The highest BCUT2D eigenvalue weighted by atomic mass is 16.2. The number of carbonyl (C=O) groups is 2. The van der Waals surface area contributed by atoms with Gasteiger partial charge in [-0.2, -0.15) is 0 Å². The second kappa shape index (κ2) is 4.66. The van der Waals surface area contributed by atoms with Crippen molar-refractivity contribution in [2.75, 3.05) is 0 Å². The smallest absolute Gasteiger partial charge is 0.256 e. The first-order valence-electron chi connectivity index (χ1n) is 5.10. The Kier molecular flexibility index (Phi) is 3.05. The molecular formula is C13H11NO2. The van der Waals surface area contributed by atoms with Crippen molar-refractivity contribution in [3.05, 3.63) is 48.0 Å². The third-order valence-electron chi connectivity index (χ3n) is 2.47. The molecule has 16 heavy (non-hydrogen) atoms. The first-order valence-corrected chi connectivity index (χ1v) is 5.10. The SMILES string of the molecule is O=C1C=CC=NC(=O)C1Cc1ccccc1. The Labute approximate surface area is 93.5 Å². The van der Waals surface area contributed by atoms with Crippen molar-refractivity contribution in [3.63, 3.8) is 0 Å². The van der Waals surface area contributed by atoms with E-state index >= 15 is 0 Å². The molecule has 0 N–H and O–H groups in total. The maximum Gasteiger partial charge on any atom is 0.256 e. The lowest BCUT2D eigenvalue weighted by atomic mass is 9.94. The minimum Gasteiger partial charge on any atom is -0.294 e. The number of hydrogen-bond acceptors (Lipinski definition) is 2. The molecule has 1 unspecified atom stereocenters. The van der Waals surface area contributed by atoms with Gasteiger partial charge in [0.25, 0.3) is 5.91 Å². The first kappa shape index (κ1) is 10.5. The Morgan fingerprint density at radius 3 is 2.62 bits per heavy atom. The van der Waals surface area contributed by atoms with Gasteiger partial charge in [-0.1, -0.05) is 30.3 Å². The summed E-state index contributed by atoms with van der Waals surface area (Å²) >= 11 is 0. The number of ketones is 1. The van der Waals surface area contributed by atoms with Crippen molar-refractivity contribution in [3.8, 4) is 0 Å². The third kappa shape index (κ3) is 2.31. The molecule has 1 aromatic rings. The molecule has 1 aromatic carbocycles. The van der Waals surface area contributed by atoms with Gasteiger partial charge in [-0.3, -0.25) is 9.59 Å². The monoisotopic (exact) mass is 213 g/mol. The Morgan fingerprint density at radius 2 is 1.88 bits per heavy atom. The Bertz CT molecular complexity index is 436. The maximum absolute atomic E-state index is 11.6. The summed E-state index contributed by atoms with van der Waals surface area (Å²) in [7, 11) is 0. The quantitative estimate of drug-likeness (QED) is 0.700. The van der Waals surface area contributed by atoms with Crippen molar-refractivity contribution in [1.29, 1.82) is 0 Å². The van der Waals surface area contributed by atoms with Crippen LogP contribution in [0.15, 0.2) is 47.5 Å². The lowest BCUT2D eigenvalue weighted by molar-refractivity contribution is -0.129. The van der Waals surface area contributed by atoms with Gasteiger partial charge in [-0.15, -0.1) is 0 Å². The Morgan fingerprint density at radius 1 is 1.12 bits per heavy atom. The van der Waals surface area contributed by atoms with Crippen LogP contribution in [0.1, 0.15) is 5.56 Å². The molecule has 0 saturated carbocycles. The molecule has 2 rings (SSSR count). The Hall–Kier alpha value is -2.03. The summed E-state index contributed by atoms with van der Waals surface area (Å²) in [4.78, 5) is 26.9. The fourth-order valence-corrected chi connectivity index (χ4v) is 1.62. The molecule has 80 valence electrons. The third-order valence-corrected chi connectivity index (χ3v) is 2.47. The molecule has 3 heteroatoms. The number of nitrogens with zero attached hydrogens (tertiary/aromatic N) is 1. The number of aliphatic imine (C=N–C) groups is 1. The van der Waals surface area contributed by atoms with Crippen LogP contribution in [0, 0.1) is 5.92 Å². The standard InChI is InChI=1S/C13H11NO2/c15-12-7-4-8-14-13(16)11(12)9-10-5-2-1-3-6-10/h1-8,11H,9H2. The van der Waals surface area contributed by atoms with Gasteiger partial charge in [0, 0.05) is 6.21 Å². The van der Waals surface area contributed by atoms with E-state index in [9.17, 15) is 9.59 Å². The van der Waals surface area contributed by atoms with Crippen molar-refractivity contribution >= 4 is 17.9 Å².